The summed E-state index contributed by atoms with van der Waals surface area (Å²) >= 11 is 1.64. The Labute approximate surface area is 58.7 Å². The van der Waals surface area contributed by atoms with Crippen molar-refractivity contribution in [1.29, 1.82) is 0 Å². The van der Waals surface area contributed by atoms with Crippen molar-refractivity contribution in [3.8, 4) is 0 Å². The molecule has 0 saturated carbocycles. The maximum atomic E-state index is 5.49. The monoisotopic (exact) mass is 206 g/mol. The van der Waals surface area contributed by atoms with Crippen LogP contribution >= 0.6 is 0 Å². The first-order valence-electron chi connectivity index (χ1n) is 2.67. The molecule has 0 heterocycles. The van der Waals surface area contributed by atoms with E-state index in [1.807, 2.05) is 0 Å². The molecule has 0 spiro atoms. The number of hydrogen-bond acceptors (Lipinski definition) is 1. The normalized spacial score (nSPS) is 14.3. The fraction of sp³-hybridized carbons (Fsp3) is 1.00. The first-order chi connectivity index (χ1) is 3.27. The Morgan fingerprint density at radius 2 is 2.29 bits per heavy atom. The van der Waals surface area contributed by atoms with E-state index in [2.05, 4.69) is 6.92 Å². The first-order valence-corrected chi connectivity index (χ1v) is 4.69. The first kappa shape index (κ1) is 7.76. The van der Waals surface area contributed by atoms with Gasteiger partial charge < -0.3 is 0 Å². The van der Waals surface area contributed by atoms with Gasteiger partial charge in [0.15, 0.2) is 0 Å². The summed E-state index contributed by atoms with van der Waals surface area (Å²) in [5.74, 6) is 0. The topological polar surface area (TPSA) is 26.0 Å². The van der Waals surface area contributed by atoms with Crippen LogP contribution < -0.4 is 5.73 Å². The van der Waals surface area contributed by atoms with Gasteiger partial charge in [-0.2, -0.15) is 0 Å². The Kier molecular flexibility index (Phi) is 5.44. The van der Waals surface area contributed by atoms with Crippen LogP contribution in [0, 0.1) is 0 Å². The molecule has 1 atom stereocenters. The zero-order valence-corrected chi connectivity index (χ0v) is 7.63. The molecule has 0 aromatic carbocycles. The molecule has 2 N–H and O–H groups in total. The average molecular weight is 205 g/mol. The summed E-state index contributed by atoms with van der Waals surface area (Å²) in [7, 11) is 0. The molecule has 0 bridgehead atoms. The Hall–Kier alpha value is 0.759. The summed E-state index contributed by atoms with van der Waals surface area (Å²) in [5, 5.41) is 0. The second kappa shape index (κ2) is 4.91. The predicted molar refractivity (Wildman–Crippen MR) is 33.4 cm³/mol. The molecular weight excluding hydrogens is 193 g/mol. The van der Waals surface area contributed by atoms with Crippen LogP contribution in [0.5, 0.6) is 0 Å². The minimum atomic E-state index is 0.417. The van der Waals surface area contributed by atoms with Crippen LogP contribution in [-0.4, -0.2) is 28.6 Å². The Morgan fingerprint density at radius 1 is 1.71 bits per heavy atom. The molecule has 0 amide bonds. The van der Waals surface area contributed by atoms with E-state index < -0.39 is 0 Å². The molecule has 0 aromatic heterocycles. The van der Waals surface area contributed by atoms with Gasteiger partial charge in [-0.25, -0.2) is 0 Å². The van der Waals surface area contributed by atoms with Crippen LogP contribution in [-0.2, 0) is 0 Å². The van der Waals surface area contributed by atoms with Crippen molar-refractivity contribution < 1.29 is 0 Å². The summed E-state index contributed by atoms with van der Waals surface area (Å²) < 4.78 is 1.36. The molecule has 7 heavy (non-hydrogen) atoms. The van der Waals surface area contributed by atoms with Crippen molar-refractivity contribution >= 4 is 22.5 Å². The Morgan fingerprint density at radius 3 is 2.43 bits per heavy atom. The molecule has 0 aliphatic carbocycles. The number of rotatable bonds is 3. The molecule has 1 unspecified atom stereocenters. The Bertz CT molecular complexity index is 37.1. The van der Waals surface area contributed by atoms with Crippen molar-refractivity contribution in [3.63, 3.8) is 0 Å². The van der Waals surface area contributed by atoms with Crippen molar-refractivity contribution in [2.75, 3.05) is 0 Å². The summed E-state index contributed by atoms with van der Waals surface area (Å²) in [5.41, 5.74) is 5.49. The van der Waals surface area contributed by atoms with E-state index in [4.69, 9.17) is 5.73 Å². The van der Waals surface area contributed by atoms with Crippen LogP contribution in [0.25, 0.3) is 0 Å². The van der Waals surface area contributed by atoms with E-state index >= 15 is 0 Å². The summed E-state index contributed by atoms with van der Waals surface area (Å²) in [6, 6.07) is 0.417. The SMILES string of the molecule is CC(N)CC[CH2][Sn+3]. The average Bonchev–Trinajstić information content (AvgIpc) is 1.61. The maximum absolute atomic E-state index is 5.49. The van der Waals surface area contributed by atoms with Gasteiger partial charge in [-0.1, -0.05) is 0 Å². The zero-order valence-electron chi connectivity index (χ0n) is 4.78. The molecular formula is C5H12NSn+3. The molecule has 0 radical (unpaired) electrons. The van der Waals surface area contributed by atoms with Gasteiger partial charge in [0.1, 0.15) is 0 Å². The minimum absolute atomic E-state index is 0.417. The number of hydrogen-bond donors (Lipinski definition) is 1. The van der Waals surface area contributed by atoms with Crippen LogP contribution in [0.1, 0.15) is 19.8 Å². The van der Waals surface area contributed by atoms with Gasteiger partial charge in [0, 0.05) is 0 Å². The van der Waals surface area contributed by atoms with Crippen molar-refractivity contribution in [2.45, 2.75) is 30.2 Å². The van der Waals surface area contributed by atoms with Gasteiger partial charge in [0.25, 0.3) is 0 Å². The van der Waals surface area contributed by atoms with Gasteiger partial charge >= 0.3 is 58.5 Å². The van der Waals surface area contributed by atoms with Gasteiger partial charge in [0.05, 0.1) is 0 Å². The second-order valence-electron chi connectivity index (χ2n) is 1.87. The van der Waals surface area contributed by atoms with Crippen LogP contribution in [0.15, 0.2) is 0 Å². The summed E-state index contributed by atoms with van der Waals surface area (Å²) in [4.78, 5) is 0. The third-order valence-electron chi connectivity index (χ3n) is 0.836. The third-order valence-corrected chi connectivity index (χ3v) is 1.85. The van der Waals surface area contributed by atoms with Gasteiger partial charge in [-0.15, -0.1) is 0 Å². The third kappa shape index (κ3) is 6.76. The Balaban J connectivity index is 2.68. The van der Waals surface area contributed by atoms with E-state index in [-0.39, 0.29) is 0 Å². The van der Waals surface area contributed by atoms with Gasteiger partial charge in [-0.05, 0) is 0 Å². The number of nitrogens with two attached hydrogens (primary N) is 1. The van der Waals surface area contributed by atoms with E-state index in [1.165, 1.54) is 17.3 Å². The van der Waals surface area contributed by atoms with E-state index in [0.29, 0.717) is 6.04 Å². The molecule has 1 nitrogen and oxygen atoms in total. The van der Waals surface area contributed by atoms with Crippen molar-refractivity contribution in [2.24, 2.45) is 5.73 Å². The molecule has 2 heteroatoms. The van der Waals surface area contributed by atoms with E-state index in [1.54, 1.807) is 22.5 Å². The molecule has 0 rings (SSSR count). The molecule has 0 aliphatic rings. The zero-order chi connectivity index (χ0) is 5.70. The fourth-order valence-electron chi connectivity index (χ4n) is 0.424. The van der Waals surface area contributed by atoms with Gasteiger partial charge in [0.2, 0.25) is 0 Å². The standard InChI is InChI=1S/C5H12N.Sn/c1-3-4-5(2)6;/h5H,1,3-4,6H2,2H3;/q;+3. The van der Waals surface area contributed by atoms with E-state index in [9.17, 15) is 0 Å². The summed E-state index contributed by atoms with van der Waals surface area (Å²) in [6.07, 6.45) is 2.52. The van der Waals surface area contributed by atoms with Crippen LogP contribution in [0.3, 0.4) is 0 Å². The van der Waals surface area contributed by atoms with Crippen LogP contribution in [0.4, 0.5) is 0 Å². The fourth-order valence-corrected chi connectivity index (χ4v) is 1.01. The van der Waals surface area contributed by atoms with Crippen molar-refractivity contribution in [3.05, 3.63) is 0 Å². The quantitative estimate of drug-likeness (QED) is 0.674. The predicted octanol–water partition coefficient (Wildman–Crippen LogP) is 0.701. The van der Waals surface area contributed by atoms with Crippen molar-refractivity contribution in [1.82, 2.24) is 0 Å². The second-order valence-corrected chi connectivity index (χ2v) is 3.30. The molecule has 38 valence electrons. The molecule has 0 aromatic rings. The molecule has 0 aliphatic heterocycles. The molecule has 0 fully saturated rings. The van der Waals surface area contributed by atoms with Gasteiger partial charge in [-0.3, -0.25) is 0 Å². The van der Waals surface area contributed by atoms with Crippen LogP contribution in [0.2, 0.25) is 4.44 Å². The molecule has 0 saturated heterocycles. The summed E-state index contributed by atoms with van der Waals surface area (Å²) in [6.45, 7) is 2.06. The van der Waals surface area contributed by atoms with E-state index in [0.717, 1.165) is 0 Å².